The van der Waals surface area contributed by atoms with Crippen LogP contribution in [0.4, 0.5) is 5.69 Å². The summed E-state index contributed by atoms with van der Waals surface area (Å²) in [5.74, 6) is 2.01. The third-order valence-corrected chi connectivity index (χ3v) is 8.65. The van der Waals surface area contributed by atoms with Gasteiger partial charge >= 0.3 is 0 Å². The number of fused-ring (bicyclic) bond motifs is 1. The highest BCUT2D eigenvalue weighted by atomic mass is 16.5. The minimum Gasteiger partial charge on any atom is -0.506 e. The van der Waals surface area contributed by atoms with E-state index in [1.807, 2.05) is 0 Å². The second-order valence-electron chi connectivity index (χ2n) is 11.7. The largest absolute Gasteiger partial charge is 0.506 e. The maximum absolute atomic E-state index is 12.5. The van der Waals surface area contributed by atoms with Crippen LogP contribution in [-0.4, -0.2) is 98.8 Å². The first kappa shape index (κ1) is 35.3. The average Bonchev–Trinajstić information content (AvgIpc) is 3.60. The third kappa shape index (κ3) is 9.92. The molecule has 2 aromatic rings. The highest BCUT2D eigenvalue weighted by Gasteiger charge is 2.35. The van der Waals surface area contributed by atoms with Gasteiger partial charge in [-0.3, -0.25) is 14.5 Å². The fourth-order valence-corrected chi connectivity index (χ4v) is 6.33. The molecule has 4 N–H and O–H groups in total. The number of phenolic OH excluding ortho intramolecular Hbond substituents is 1. The van der Waals surface area contributed by atoms with Gasteiger partial charge in [0.15, 0.2) is 12.0 Å². The molecule has 0 spiro atoms. The first-order chi connectivity index (χ1) is 20.9. The molecule has 2 aromatic carbocycles. The summed E-state index contributed by atoms with van der Waals surface area (Å²) in [6.07, 6.45) is 5.02. The highest BCUT2D eigenvalue weighted by Crippen LogP contribution is 2.40. The molecule has 2 aliphatic rings. The van der Waals surface area contributed by atoms with Crippen molar-refractivity contribution >= 4 is 17.9 Å². The Bertz CT molecular complexity index is 1180. The molecule has 0 aromatic heterocycles. The van der Waals surface area contributed by atoms with E-state index in [-0.39, 0.29) is 38.0 Å². The van der Waals surface area contributed by atoms with Gasteiger partial charge in [0.25, 0.3) is 0 Å². The van der Waals surface area contributed by atoms with Crippen molar-refractivity contribution in [2.75, 3.05) is 72.0 Å². The number of benzene rings is 2. The topological polar surface area (TPSA) is 124 Å². The summed E-state index contributed by atoms with van der Waals surface area (Å²) < 4.78 is 11.3. The van der Waals surface area contributed by atoms with Gasteiger partial charge in [0.2, 0.25) is 5.91 Å². The second kappa shape index (κ2) is 17.9. The van der Waals surface area contributed by atoms with E-state index in [4.69, 9.17) is 9.47 Å². The number of aliphatic hydroxyl groups is 1. The van der Waals surface area contributed by atoms with Crippen LogP contribution in [0.25, 0.3) is 0 Å². The number of nitrogens with zero attached hydrogens (tertiary/aromatic N) is 2. The van der Waals surface area contributed by atoms with Crippen LogP contribution in [0.3, 0.4) is 0 Å². The van der Waals surface area contributed by atoms with Crippen LogP contribution in [0, 0.1) is 11.8 Å². The van der Waals surface area contributed by atoms with E-state index in [0.29, 0.717) is 50.3 Å². The molecular weight excluding hydrogens is 560 g/mol. The van der Waals surface area contributed by atoms with Gasteiger partial charge in [0.05, 0.1) is 25.7 Å². The molecule has 0 radical (unpaired) electrons. The van der Waals surface area contributed by atoms with Crippen molar-refractivity contribution in [2.24, 2.45) is 11.8 Å². The molecule has 10 nitrogen and oxygen atoms in total. The number of hydrogen-bond acceptors (Lipinski definition) is 9. The lowest BCUT2D eigenvalue weighted by Crippen LogP contribution is -2.35. The normalized spacial score (nSPS) is 18.3. The van der Waals surface area contributed by atoms with Crippen LogP contribution in [0.2, 0.25) is 0 Å². The lowest BCUT2D eigenvalue weighted by Gasteiger charge is -2.21. The Balaban J connectivity index is 0.00000529. The van der Waals surface area contributed by atoms with Crippen molar-refractivity contribution in [1.82, 2.24) is 15.1 Å². The molecule has 1 aliphatic carbocycles. The summed E-state index contributed by atoms with van der Waals surface area (Å²) in [7, 11) is 3.37. The molecule has 1 amide bonds. The number of aldehydes is 1. The smallest absolute Gasteiger partial charge is 0.224 e. The minimum absolute atomic E-state index is 0. The SMILES string of the molecule is C.CNc1c(O)ccc(C(O)CNCCN(C)C(=O)CCOCCc2cccc(CN3CC4CCCC4C3)c2)c1OCC=O. The van der Waals surface area contributed by atoms with Crippen LogP contribution >= 0.6 is 0 Å². The molecule has 244 valence electrons. The number of phenols is 1. The fourth-order valence-electron chi connectivity index (χ4n) is 6.33. The van der Waals surface area contributed by atoms with E-state index < -0.39 is 6.10 Å². The zero-order valence-electron chi connectivity index (χ0n) is 25.6. The van der Waals surface area contributed by atoms with E-state index in [9.17, 15) is 19.8 Å². The monoisotopic (exact) mass is 612 g/mol. The van der Waals surface area contributed by atoms with Crippen molar-refractivity contribution in [2.45, 2.75) is 52.2 Å². The van der Waals surface area contributed by atoms with Gasteiger partial charge in [-0.05, 0) is 54.4 Å². The van der Waals surface area contributed by atoms with Gasteiger partial charge in [-0.15, -0.1) is 0 Å². The number of carbonyl (C=O) groups is 2. The number of rotatable bonds is 18. The van der Waals surface area contributed by atoms with E-state index in [0.717, 1.165) is 24.8 Å². The third-order valence-electron chi connectivity index (χ3n) is 8.65. The lowest BCUT2D eigenvalue weighted by molar-refractivity contribution is -0.131. The number of ether oxygens (including phenoxy) is 2. The number of anilines is 1. The van der Waals surface area contributed by atoms with Crippen LogP contribution < -0.4 is 15.4 Å². The predicted molar refractivity (Wildman–Crippen MR) is 173 cm³/mol. The summed E-state index contributed by atoms with van der Waals surface area (Å²) in [4.78, 5) is 27.6. The molecule has 1 aliphatic heterocycles. The Labute approximate surface area is 262 Å². The second-order valence-corrected chi connectivity index (χ2v) is 11.7. The van der Waals surface area contributed by atoms with Gasteiger partial charge in [-0.25, -0.2) is 0 Å². The number of nitrogens with one attached hydrogen (secondary N) is 2. The molecule has 3 unspecified atom stereocenters. The number of amides is 1. The Morgan fingerprint density at radius 1 is 1.16 bits per heavy atom. The van der Waals surface area contributed by atoms with Crippen molar-refractivity contribution in [1.29, 1.82) is 0 Å². The van der Waals surface area contributed by atoms with Gasteiger partial charge < -0.3 is 35.2 Å². The van der Waals surface area contributed by atoms with Crippen molar-refractivity contribution in [3.05, 3.63) is 53.1 Å². The molecule has 1 saturated heterocycles. The fraction of sp³-hybridized carbons (Fsp3) is 0.588. The van der Waals surface area contributed by atoms with E-state index >= 15 is 0 Å². The van der Waals surface area contributed by atoms with Crippen molar-refractivity contribution in [3.63, 3.8) is 0 Å². The van der Waals surface area contributed by atoms with Crippen LogP contribution in [-0.2, 0) is 27.3 Å². The lowest BCUT2D eigenvalue weighted by atomic mass is 10.0. The molecule has 1 saturated carbocycles. The van der Waals surface area contributed by atoms with Crippen LogP contribution in [0.15, 0.2) is 36.4 Å². The number of aromatic hydroxyl groups is 1. The maximum atomic E-state index is 12.5. The summed E-state index contributed by atoms with van der Waals surface area (Å²) >= 11 is 0. The molecule has 0 bridgehead atoms. The Morgan fingerprint density at radius 3 is 2.64 bits per heavy atom. The Hall–Kier alpha value is -3.18. The number of hydrogen-bond donors (Lipinski definition) is 4. The standard InChI is InChI=1S/C33H48N4O6.CH4/c1-34-32-29(39)10-9-28(33(32)43-18-15-38)30(40)20-35-13-14-36(2)31(41)12-17-42-16-11-24-5-3-6-25(19-24)21-37-22-26-7-4-8-27(26)23-37;/h3,5-6,9-10,15,19,26-27,30,34-35,39-40H,4,7-8,11-14,16-18,20-23H2,1-2H3;1H4. The molecular formula is C34H52N4O6. The number of carbonyl (C=O) groups excluding carboxylic acids is 2. The quantitative estimate of drug-likeness (QED) is 0.114. The minimum atomic E-state index is -0.940. The zero-order valence-corrected chi connectivity index (χ0v) is 25.6. The zero-order chi connectivity index (χ0) is 30.6. The summed E-state index contributed by atoms with van der Waals surface area (Å²) in [5.41, 5.74) is 3.38. The number of likely N-dealkylation sites (N-methyl/N-ethyl adjacent to an activating group) is 1. The van der Waals surface area contributed by atoms with E-state index in [2.05, 4.69) is 39.8 Å². The highest BCUT2D eigenvalue weighted by molar-refractivity contribution is 5.76. The van der Waals surface area contributed by atoms with Crippen LogP contribution in [0.5, 0.6) is 11.5 Å². The Morgan fingerprint density at radius 2 is 1.91 bits per heavy atom. The van der Waals surface area contributed by atoms with Crippen LogP contribution in [0.1, 0.15) is 55.9 Å². The number of likely N-dealkylation sites (tertiary alicyclic amines) is 1. The van der Waals surface area contributed by atoms with Gasteiger partial charge in [-0.2, -0.15) is 0 Å². The van der Waals surface area contributed by atoms with E-state index in [1.165, 1.54) is 49.5 Å². The van der Waals surface area contributed by atoms with Gasteiger partial charge in [-0.1, -0.05) is 38.1 Å². The van der Waals surface area contributed by atoms with Gasteiger partial charge in [0, 0.05) is 58.9 Å². The molecule has 3 atom stereocenters. The maximum Gasteiger partial charge on any atom is 0.224 e. The molecule has 2 fully saturated rings. The molecule has 10 heteroatoms. The summed E-state index contributed by atoms with van der Waals surface area (Å²) in [6, 6.07) is 11.8. The number of aliphatic hydroxyl groups excluding tert-OH is 1. The summed E-state index contributed by atoms with van der Waals surface area (Å²) in [6.45, 7) is 5.44. The first-order valence-electron chi connectivity index (χ1n) is 15.5. The van der Waals surface area contributed by atoms with Gasteiger partial charge in [0.1, 0.15) is 18.0 Å². The van der Waals surface area contributed by atoms with Crippen molar-refractivity contribution < 1.29 is 29.3 Å². The van der Waals surface area contributed by atoms with E-state index in [1.54, 1.807) is 25.1 Å². The Kier molecular flexibility index (Phi) is 14.4. The molecule has 4 rings (SSSR count). The average molecular weight is 613 g/mol. The molecule has 1 heterocycles. The molecule has 44 heavy (non-hydrogen) atoms. The summed E-state index contributed by atoms with van der Waals surface area (Å²) in [5, 5.41) is 26.8. The van der Waals surface area contributed by atoms with Crippen molar-refractivity contribution in [3.8, 4) is 11.5 Å². The predicted octanol–water partition coefficient (Wildman–Crippen LogP) is 3.61. The first-order valence-corrected chi connectivity index (χ1v) is 15.5.